The highest BCUT2D eigenvalue weighted by molar-refractivity contribution is 7.09. The number of carbonyl (C=O) groups is 3. The molecule has 0 saturated heterocycles. The summed E-state index contributed by atoms with van der Waals surface area (Å²) in [6.45, 7) is 0.135. The Balaban J connectivity index is 1.57. The largest absolute Gasteiger partial charge is 0.454 e. The Labute approximate surface area is 234 Å². The van der Waals surface area contributed by atoms with Crippen molar-refractivity contribution in [1.29, 1.82) is 0 Å². The van der Waals surface area contributed by atoms with Gasteiger partial charge in [-0.1, -0.05) is 49.1 Å². The first-order chi connectivity index (χ1) is 18.8. The number of fused-ring (bicyclic) bond motifs is 1. The molecule has 0 bridgehead atoms. The summed E-state index contributed by atoms with van der Waals surface area (Å²) in [6, 6.07) is 11.1. The number of primary amides is 1. The molecule has 2 aliphatic rings. The number of rotatable bonds is 8. The third-order valence-corrected chi connectivity index (χ3v) is 8.01. The maximum atomic E-state index is 14.1. The molecule has 2 aromatic carbocycles. The Morgan fingerprint density at radius 2 is 1.79 bits per heavy atom. The lowest BCUT2D eigenvalue weighted by molar-refractivity contribution is -0.127. The van der Waals surface area contributed by atoms with Gasteiger partial charge >= 0.3 is 0 Å². The average Bonchev–Trinajstić information content (AvgIpc) is 3.55. The predicted molar refractivity (Wildman–Crippen MR) is 147 cm³/mol. The van der Waals surface area contributed by atoms with Gasteiger partial charge in [0.2, 0.25) is 12.7 Å². The molecule has 1 aliphatic heterocycles. The number of nitrogens with one attached hydrogen (secondary N) is 1. The van der Waals surface area contributed by atoms with Crippen molar-refractivity contribution in [3.8, 4) is 11.5 Å². The molecule has 1 fully saturated rings. The number of halogens is 1. The Morgan fingerprint density at radius 1 is 1.08 bits per heavy atom. The molecule has 1 aliphatic carbocycles. The highest BCUT2D eigenvalue weighted by atomic mass is 35.5. The molecule has 1 aromatic heterocycles. The van der Waals surface area contributed by atoms with Gasteiger partial charge in [-0.3, -0.25) is 14.4 Å². The number of nitrogen functional groups attached to an aromatic ring is 1. The molecule has 204 valence electrons. The molecule has 0 spiro atoms. The molecule has 0 radical (unpaired) electrons. The number of hydrogen-bond donors (Lipinski definition) is 3. The van der Waals surface area contributed by atoms with Gasteiger partial charge in [-0.15, -0.1) is 0 Å². The van der Waals surface area contributed by atoms with E-state index in [0.29, 0.717) is 27.6 Å². The molecule has 2 heterocycles. The van der Waals surface area contributed by atoms with Crippen molar-refractivity contribution in [3.63, 3.8) is 0 Å². The lowest BCUT2D eigenvalue weighted by atomic mass is 9.94. The second-order valence-corrected chi connectivity index (χ2v) is 10.8. The minimum atomic E-state index is -1.03. The zero-order chi connectivity index (χ0) is 27.5. The van der Waals surface area contributed by atoms with Gasteiger partial charge in [-0.2, -0.15) is 4.37 Å². The first kappa shape index (κ1) is 26.8. The Kier molecular flexibility index (Phi) is 7.89. The van der Waals surface area contributed by atoms with Crippen LogP contribution in [0.3, 0.4) is 0 Å². The summed E-state index contributed by atoms with van der Waals surface area (Å²) in [6.07, 6.45) is 4.94. The standard InChI is InChI=1S/C27H28ClN5O5S/c28-17-9-7-16(8-10-17)23(26(35)31-18-4-2-1-3-5-18)33(13-15-6-11-19-20(12-15)38-14-37-19)27(36)24-21(29)22(25(30)34)32-39-24/h6-12,18,23H,1-5,13-14,29H2,(H2,30,34)(H,31,35). The normalized spacial score (nSPS) is 15.5. The van der Waals surface area contributed by atoms with E-state index in [1.807, 2.05) is 0 Å². The average molecular weight is 570 g/mol. The Morgan fingerprint density at radius 3 is 2.49 bits per heavy atom. The number of ether oxygens (including phenoxy) is 2. The topological polar surface area (TPSA) is 150 Å². The van der Waals surface area contributed by atoms with Crippen LogP contribution in [0, 0.1) is 0 Å². The molecule has 3 aromatic rings. The smallest absolute Gasteiger partial charge is 0.270 e. The molecular formula is C27H28ClN5O5S. The monoisotopic (exact) mass is 569 g/mol. The minimum absolute atomic E-state index is 0.0125. The van der Waals surface area contributed by atoms with E-state index in [1.54, 1.807) is 42.5 Å². The summed E-state index contributed by atoms with van der Waals surface area (Å²) in [5.41, 5.74) is 12.5. The number of benzene rings is 2. The van der Waals surface area contributed by atoms with Crippen LogP contribution in [0.1, 0.15) is 69.4 Å². The van der Waals surface area contributed by atoms with Gasteiger partial charge in [0.05, 0.1) is 5.69 Å². The molecule has 3 amide bonds. The molecule has 5 rings (SSSR count). The molecular weight excluding hydrogens is 542 g/mol. The van der Waals surface area contributed by atoms with E-state index in [1.165, 1.54) is 4.90 Å². The summed E-state index contributed by atoms with van der Waals surface area (Å²) in [4.78, 5) is 41.3. The van der Waals surface area contributed by atoms with Crippen molar-refractivity contribution in [2.24, 2.45) is 5.73 Å². The third-order valence-electron chi connectivity index (χ3n) is 6.90. The van der Waals surface area contributed by atoms with Gasteiger partial charge in [-0.25, -0.2) is 0 Å². The zero-order valence-electron chi connectivity index (χ0n) is 21.0. The van der Waals surface area contributed by atoms with Crippen molar-refractivity contribution in [1.82, 2.24) is 14.6 Å². The van der Waals surface area contributed by atoms with E-state index in [0.717, 1.165) is 43.6 Å². The van der Waals surface area contributed by atoms with Crippen molar-refractivity contribution >= 4 is 46.5 Å². The van der Waals surface area contributed by atoms with Gasteiger partial charge < -0.3 is 31.2 Å². The van der Waals surface area contributed by atoms with Crippen LogP contribution in [-0.2, 0) is 11.3 Å². The van der Waals surface area contributed by atoms with Gasteiger partial charge in [0.25, 0.3) is 11.8 Å². The van der Waals surface area contributed by atoms with Crippen LogP contribution in [-0.4, -0.2) is 39.8 Å². The maximum Gasteiger partial charge on any atom is 0.270 e. The first-order valence-corrected chi connectivity index (χ1v) is 13.8. The van der Waals surface area contributed by atoms with Crippen molar-refractivity contribution in [3.05, 3.63) is 69.2 Å². The second-order valence-electron chi connectivity index (χ2n) is 9.56. The summed E-state index contributed by atoms with van der Waals surface area (Å²) >= 11 is 6.92. The number of nitrogens with zero attached hydrogens (tertiary/aromatic N) is 2. The fourth-order valence-corrected chi connectivity index (χ4v) is 5.81. The highest BCUT2D eigenvalue weighted by Gasteiger charge is 2.36. The van der Waals surface area contributed by atoms with E-state index < -0.39 is 17.9 Å². The predicted octanol–water partition coefficient (Wildman–Crippen LogP) is 4.04. The van der Waals surface area contributed by atoms with Crippen LogP contribution in [0.5, 0.6) is 11.5 Å². The van der Waals surface area contributed by atoms with E-state index in [9.17, 15) is 14.4 Å². The van der Waals surface area contributed by atoms with Crippen LogP contribution < -0.4 is 26.3 Å². The summed E-state index contributed by atoms with van der Waals surface area (Å²) < 4.78 is 14.9. The van der Waals surface area contributed by atoms with Gasteiger partial charge in [0, 0.05) is 17.6 Å². The van der Waals surface area contributed by atoms with E-state index in [-0.39, 0.29) is 41.5 Å². The number of carbonyl (C=O) groups excluding carboxylic acids is 3. The Hall–Kier alpha value is -3.83. The number of anilines is 1. The summed E-state index contributed by atoms with van der Waals surface area (Å²) in [5.74, 6) is -0.582. The van der Waals surface area contributed by atoms with Crippen molar-refractivity contribution in [2.45, 2.75) is 50.7 Å². The maximum absolute atomic E-state index is 14.1. The van der Waals surface area contributed by atoms with Crippen LogP contribution >= 0.6 is 23.1 Å². The highest BCUT2D eigenvalue weighted by Crippen LogP contribution is 2.35. The summed E-state index contributed by atoms with van der Waals surface area (Å²) in [7, 11) is 0. The molecule has 5 N–H and O–H groups in total. The van der Waals surface area contributed by atoms with Crippen molar-refractivity contribution < 1.29 is 23.9 Å². The fraction of sp³-hybridized carbons (Fsp3) is 0.333. The van der Waals surface area contributed by atoms with Crippen LogP contribution in [0.15, 0.2) is 42.5 Å². The summed E-state index contributed by atoms with van der Waals surface area (Å²) in [5, 5.41) is 3.65. The number of nitrogens with two attached hydrogens (primary N) is 2. The lowest BCUT2D eigenvalue weighted by Gasteiger charge is -2.33. The zero-order valence-corrected chi connectivity index (χ0v) is 22.6. The van der Waals surface area contributed by atoms with Crippen molar-refractivity contribution in [2.75, 3.05) is 12.5 Å². The number of amides is 3. The fourth-order valence-electron chi connectivity index (χ4n) is 4.92. The molecule has 1 saturated carbocycles. The van der Waals surface area contributed by atoms with Gasteiger partial charge in [0.1, 0.15) is 10.9 Å². The minimum Gasteiger partial charge on any atom is -0.454 e. The molecule has 1 atom stereocenters. The number of hydrogen-bond acceptors (Lipinski definition) is 8. The van der Waals surface area contributed by atoms with Gasteiger partial charge in [0.15, 0.2) is 17.2 Å². The SMILES string of the molecule is NC(=O)c1nsc(C(=O)N(Cc2ccc3c(c2)OCO3)C(C(=O)NC2CCCCC2)c2ccc(Cl)cc2)c1N. The third kappa shape index (κ3) is 5.79. The van der Waals surface area contributed by atoms with Crippen LogP contribution in [0.4, 0.5) is 5.69 Å². The molecule has 12 heteroatoms. The first-order valence-electron chi connectivity index (χ1n) is 12.6. The lowest BCUT2D eigenvalue weighted by Crippen LogP contribution is -2.46. The number of aromatic nitrogens is 1. The second kappa shape index (κ2) is 11.5. The Bertz CT molecular complexity index is 1390. The molecule has 10 nitrogen and oxygen atoms in total. The van der Waals surface area contributed by atoms with E-state index in [2.05, 4.69) is 9.69 Å². The van der Waals surface area contributed by atoms with E-state index >= 15 is 0 Å². The quantitative estimate of drug-likeness (QED) is 0.370. The van der Waals surface area contributed by atoms with Crippen LogP contribution in [0.2, 0.25) is 5.02 Å². The molecule has 39 heavy (non-hydrogen) atoms. The molecule has 1 unspecified atom stereocenters. The van der Waals surface area contributed by atoms with E-state index in [4.69, 9.17) is 32.5 Å². The van der Waals surface area contributed by atoms with Crippen LogP contribution in [0.25, 0.3) is 0 Å². The van der Waals surface area contributed by atoms with Gasteiger partial charge in [-0.05, 0) is 59.8 Å².